The summed E-state index contributed by atoms with van der Waals surface area (Å²) in [6.07, 6.45) is 7.37. The molecule has 0 bridgehead atoms. The molecule has 1 aromatic heterocycles. The van der Waals surface area contributed by atoms with Crippen LogP contribution < -0.4 is 9.47 Å². The Balaban J connectivity index is 1.74. The van der Waals surface area contributed by atoms with Crippen molar-refractivity contribution in [2.45, 2.75) is 45.1 Å². The predicted octanol–water partition coefficient (Wildman–Crippen LogP) is 5.34. The summed E-state index contributed by atoms with van der Waals surface area (Å²) in [5.74, 6) is 2.02. The third kappa shape index (κ3) is 4.77. The molecule has 0 spiro atoms. The number of hydrogen-bond donors (Lipinski definition) is 0. The topological polar surface area (TPSA) is 64.0 Å². The lowest BCUT2D eigenvalue weighted by molar-refractivity contribution is -0.124. The zero-order valence-corrected chi connectivity index (χ0v) is 18.9. The predicted molar refractivity (Wildman–Crippen MR) is 125 cm³/mol. The number of carbonyl (C=O) groups is 1. The summed E-state index contributed by atoms with van der Waals surface area (Å²) < 4.78 is 10.8. The van der Waals surface area contributed by atoms with Crippen molar-refractivity contribution in [2.24, 2.45) is 4.99 Å². The smallest absolute Gasteiger partial charge is 0.267 e. The van der Waals surface area contributed by atoms with Crippen molar-refractivity contribution in [2.75, 3.05) is 14.2 Å². The Labute approximate surface area is 187 Å². The molecule has 162 valence electrons. The molecule has 1 saturated heterocycles. The second-order valence-corrected chi connectivity index (χ2v) is 8.73. The lowest BCUT2D eigenvalue weighted by atomic mass is 9.94. The summed E-state index contributed by atoms with van der Waals surface area (Å²) in [5.41, 5.74) is 1.70. The highest BCUT2D eigenvalue weighted by Gasteiger charge is 2.38. The van der Waals surface area contributed by atoms with Crippen molar-refractivity contribution in [3.63, 3.8) is 0 Å². The van der Waals surface area contributed by atoms with Gasteiger partial charge in [-0.3, -0.25) is 9.69 Å². The van der Waals surface area contributed by atoms with E-state index in [2.05, 4.69) is 4.98 Å². The summed E-state index contributed by atoms with van der Waals surface area (Å²) in [7, 11) is 3.25. The number of amidine groups is 1. The minimum atomic E-state index is -0.00632. The number of thioether (sulfide) groups is 1. The van der Waals surface area contributed by atoms with E-state index in [1.807, 2.05) is 54.3 Å². The fraction of sp³-hybridized carbons (Fsp3) is 0.375. The Kier molecular flexibility index (Phi) is 6.61. The second kappa shape index (κ2) is 9.56. The maximum atomic E-state index is 13.5. The van der Waals surface area contributed by atoms with Gasteiger partial charge in [0.15, 0.2) is 11.0 Å². The van der Waals surface area contributed by atoms with Crippen LogP contribution in [-0.4, -0.2) is 41.2 Å². The van der Waals surface area contributed by atoms with Crippen LogP contribution in [0.1, 0.15) is 43.4 Å². The van der Waals surface area contributed by atoms with Crippen molar-refractivity contribution in [1.82, 2.24) is 9.88 Å². The van der Waals surface area contributed by atoms with E-state index in [4.69, 9.17) is 14.5 Å². The Morgan fingerprint density at radius 3 is 2.65 bits per heavy atom. The van der Waals surface area contributed by atoms with E-state index in [0.29, 0.717) is 27.4 Å². The highest BCUT2D eigenvalue weighted by molar-refractivity contribution is 8.18. The molecule has 1 aliphatic carbocycles. The molecule has 4 rings (SSSR count). The number of amides is 1. The number of pyridine rings is 1. The van der Waals surface area contributed by atoms with E-state index >= 15 is 0 Å². The summed E-state index contributed by atoms with van der Waals surface area (Å²) in [4.78, 5) is 25.3. The third-order valence-electron chi connectivity index (χ3n) is 5.58. The van der Waals surface area contributed by atoms with Gasteiger partial charge in [0.05, 0.1) is 19.1 Å². The molecular formula is C24H27N3O3S. The molecule has 1 aliphatic heterocycles. The number of ether oxygens (including phenoxy) is 2. The Morgan fingerprint density at radius 1 is 1.13 bits per heavy atom. The normalized spacial score (nSPS) is 20.0. The third-order valence-corrected chi connectivity index (χ3v) is 6.57. The molecule has 2 aromatic rings. The zero-order valence-electron chi connectivity index (χ0n) is 18.1. The molecule has 1 amide bonds. The molecule has 6 nitrogen and oxygen atoms in total. The average Bonchev–Trinajstić information content (AvgIpc) is 3.08. The summed E-state index contributed by atoms with van der Waals surface area (Å²) in [5, 5.41) is 0.697. The molecule has 0 radical (unpaired) electrons. The molecule has 0 atom stereocenters. The van der Waals surface area contributed by atoms with E-state index in [1.165, 1.54) is 18.2 Å². The van der Waals surface area contributed by atoms with Crippen molar-refractivity contribution in [1.29, 1.82) is 0 Å². The van der Waals surface area contributed by atoms with Gasteiger partial charge in [-0.1, -0.05) is 25.3 Å². The molecule has 0 N–H and O–H groups in total. The van der Waals surface area contributed by atoms with Crippen LogP contribution in [0.4, 0.5) is 5.82 Å². The molecule has 2 heterocycles. The first-order valence-electron chi connectivity index (χ1n) is 10.6. The Bertz CT molecular complexity index is 1030. The number of aromatic nitrogens is 1. The quantitative estimate of drug-likeness (QED) is 0.591. The largest absolute Gasteiger partial charge is 0.497 e. The van der Waals surface area contributed by atoms with Crippen molar-refractivity contribution in [3.05, 3.63) is 52.6 Å². The minimum Gasteiger partial charge on any atom is -0.497 e. The first-order valence-corrected chi connectivity index (χ1v) is 11.4. The lowest BCUT2D eigenvalue weighted by Crippen LogP contribution is -2.40. The number of methoxy groups -OCH3 is 2. The fourth-order valence-corrected chi connectivity index (χ4v) is 5.05. The molecule has 2 fully saturated rings. The summed E-state index contributed by atoms with van der Waals surface area (Å²) in [6.45, 7) is 1.94. The number of aryl methyl sites for hydroxylation is 1. The van der Waals surface area contributed by atoms with Gasteiger partial charge in [0.25, 0.3) is 5.91 Å². The monoisotopic (exact) mass is 437 g/mol. The molecule has 7 heteroatoms. The van der Waals surface area contributed by atoms with Crippen LogP contribution in [0.2, 0.25) is 0 Å². The van der Waals surface area contributed by atoms with Gasteiger partial charge in [0, 0.05) is 17.3 Å². The van der Waals surface area contributed by atoms with Crippen LogP contribution in [0.15, 0.2) is 46.3 Å². The van der Waals surface area contributed by atoms with E-state index in [-0.39, 0.29) is 11.9 Å². The van der Waals surface area contributed by atoms with Crippen molar-refractivity contribution in [3.8, 4) is 11.5 Å². The van der Waals surface area contributed by atoms with Crippen LogP contribution in [0.5, 0.6) is 11.5 Å². The van der Waals surface area contributed by atoms with Crippen LogP contribution in [0.25, 0.3) is 6.08 Å². The molecule has 0 unspecified atom stereocenters. The first kappa shape index (κ1) is 21.4. The first-order chi connectivity index (χ1) is 15.1. The van der Waals surface area contributed by atoms with Crippen LogP contribution in [0.3, 0.4) is 0 Å². The van der Waals surface area contributed by atoms with Crippen LogP contribution in [-0.2, 0) is 4.79 Å². The maximum Gasteiger partial charge on any atom is 0.267 e. The van der Waals surface area contributed by atoms with E-state index in [1.54, 1.807) is 14.2 Å². The number of hydrogen-bond acceptors (Lipinski definition) is 6. The van der Waals surface area contributed by atoms with Gasteiger partial charge in [-0.25, -0.2) is 9.98 Å². The second-order valence-electron chi connectivity index (χ2n) is 7.72. The molecule has 31 heavy (non-hydrogen) atoms. The Hall–Kier alpha value is -2.80. The number of nitrogens with zero attached hydrogens (tertiary/aromatic N) is 3. The van der Waals surface area contributed by atoms with Crippen molar-refractivity contribution < 1.29 is 14.3 Å². The average molecular weight is 438 g/mol. The minimum absolute atomic E-state index is 0.00632. The van der Waals surface area contributed by atoms with E-state index < -0.39 is 0 Å². The van der Waals surface area contributed by atoms with Gasteiger partial charge in [-0.2, -0.15) is 0 Å². The number of aliphatic imine (C=N–C) groups is 1. The summed E-state index contributed by atoms with van der Waals surface area (Å²) >= 11 is 1.40. The zero-order chi connectivity index (χ0) is 21.8. The van der Waals surface area contributed by atoms with Gasteiger partial charge >= 0.3 is 0 Å². The van der Waals surface area contributed by atoms with Crippen molar-refractivity contribution >= 4 is 34.7 Å². The van der Waals surface area contributed by atoms with Gasteiger partial charge < -0.3 is 9.47 Å². The van der Waals surface area contributed by atoms with Gasteiger partial charge in [0.1, 0.15) is 11.5 Å². The highest BCUT2D eigenvalue weighted by atomic mass is 32.2. The molecule has 2 aliphatic rings. The lowest BCUT2D eigenvalue weighted by Gasteiger charge is -2.30. The highest BCUT2D eigenvalue weighted by Crippen LogP contribution is 2.39. The van der Waals surface area contributed by atoms with Gasteiger partial charge in [-0.15, -0.1) is 0 Å². The number of rotatable bonds is 5. The van der Waals surface area contributed by atoms with E-state index in [9.17, 15) is 4.79 Å². The van der Waals surface area contributed by atoms with Crippen LogP contribution >= 0.6 is 11.8 Å². The molecular weight excluding hydrogens is 410 g/mol. The number of benzene rings is 1. The van der Waals surface area contributed by atoms with Gasteiger partial charge in [-0.05, 0) is 67.9 Å². The summed E-state index contributed by atoms with van der Waals surface area (Å²) in [6, 6.07) is 11.5. The van der Waals surface area contributed by atoms with Crippen LogP contribution in [0, 0.1) is 6.92 Å². The molecule has 1 saturated carbocycles. The number of carbonyl (C=O) groups excluding carboxylic acids is 1. The molecule has 1 aromatic carbocycles. The van der Waals surface area contributed by atoms with E-state index in [0.717, 1.165) is 36.9 Å². The standard InChI is InChI=1S/C24H27N3O3S/c1-16-8-7-11-22(25-16)26-24-27(18-9-5-4-6-10-18)23(28)21(31-24)15-17-14-19(29-2)12-13-20(17)30-3/h7-8,11-15,18H,4-6,9-10H2,1-3H3/b21-15-,26-24+. The fourth-order valence-electron chi connectivity index (χ4n) is 4.01. The van der Waals surface area contributed by atoms with Gasteiger partial charge in [0.2, 0.25) is 0 Å². The Morgan fingerprint density at radius 2 is 1.94 bits per heavy atom. The maximum absolute atomic E-state index is 13.5. The SMILES string of the molecule is COc1ccc(OC)c(/C=C2\S/C(=N/c3cccc(C)n3)N(C3CCCCC3)C2=O)c1.